The molecule has 0 atom stereocenters. The van der Waals surface area contributed by atoms with Crippen LogP contribution in [0.3, 0.4) is 0 Å². The molecular weight excluding hydrogens is 699 g/mol. The smallest absolute Gasteiger partial charge is 0.330 e. The summed E-state index contributed by atoms with van der Waals surface area (Å²) in [4.78, 5) is 22.1. The molecule has 0 saturated carbocycles. The highest BCUT2D eigenvalue weighted by Crippen LogP contribution is 2.51. The molecule has 0 aliphatic heterocycles. The Hall–Kier alpha value is -5.24. The maximum atomic E-state index is 15.9. The summed E-state index contributed by atoms with van der Waals surface area (Å²) in [7, 11) is 0. The fraction of sp³-hybridized carbons (Fsp3) is 0.362. The largest absolute Gasteiger partial charge is 0.494 e. The van der Waals surface area contributed by atoms with E-state index in [2.05, 4.69) is 13.2 Å². The van der Waals surface area contributed by atoms with Crippen molar-refractivity contribution in [2.75, 3.05) is 26.4 Å². The van der Waals surface area contributed by atoms with Crippen molar-refractivity contribution in [3.8, 4) is 22.6 Å². The van der Waals surface area contributed by atoms with Crippen LogP contribution in [0.15, 0.2) is 110 Å². The second kappa shape index (κ2) is 21.0. The number of carbonyl (C=O) groups is 2. The highest BCUT2D eigenvalue weighted by molar-refractivity contribution is 5.81. The molecule has 1 aliphatic rings. The van der Waals surface area contributed by atoms with E-state index in [9.17, 15) is 9.59 Å². The number of unbranched alkanes of at least 4 members (excludes halogenated alkanes) is 6. The number of hydrogen-bond acceptors (Lipinski definition) is 6. The van der Waals surface area contributed by atoms with Gasteiger partial charge in [-0.15, -0.1) is 0 Å². The van der Waals surface area contributed by atoms with Gasteiger partial charge in [0.25, 0.3) is 5.92 Å². The van der Waals surface area contributed by atoms with Crippen LogP contribution in [0.5, 0.6) is 11.5 Å². The Labute approximate surface area is 324 Å². The molecule has 0 spiro atoms. The van der Waals surface area contributed by atoms with Crippen LogP contribution in [0.1, 0.15) is 84.7 Å². The van der Waals surface area contributed by atoms with Crippen molar-refractivity contribution in [2.45, 2.75) is 83.0 Å². The number of ether oxygens (including phenoxy) is 4. The van der Waals surface area contributed by atoms with Crippen molar-refractivity contribution in [3.63, 3.8) is 0 Å². The second-order valence-electron chi connectivity index (χ2n) is 13.9. The molecule has 0 bridgehead atoms. The van der Waals surface area contributed by atoms with Crippen LogP contribution >= 0.6 is 0 Å². The molecule has 1 aliphatic carbocycles. The summed E-state index contributed by atoms with van der Waals surface area (Å²) < 4.78 is 53.6. The van der Waals surface area contributed by atoms with E-state index in [4.69, 9.17) is 18.9 Å². The van der Waals surface area contributed by atoms with Gasteiger partial charge in [0.2, 0.25) is 0 Å². The molecule has 6 nitrogen and oxygen atoms in total. The summed E-state index contributed by atoms with van der Waals surface area (Å²) in [6, 6.07) is 27.0. The van der Waals surface area contributed by atoms with E-state index >= 15 is 8.78 Å². The van der Waals surface area contributed by atoms with Crippen LogP contribution in [-0.2, 0) is 50.7 Å². The van der Waals surface area contributed by atoms with Crippen LogP contribution in [0, 0.1) is 0 Å². The van der Waals surface area contributed by atoms with Gasteiger partial charge in [-0.25, -0.2) is 9.59 Å². The van der Waals surface area contributed by atoms with Crippen molar-refractivity contribution < 1.29 is 37.3 Å². The van der Waals surface area contributed by atoms with Crippen molar-refractivity contribution >= 4 is 11.9 Å². The lowest BCUT2D eigenvalue weighted by Crippen LogP contribution is -2.12. The quantitative estimate of drug-likeness (QED) is 0.0403. The van der Waals surface area contributed by atoms with Gasteiger partial charge in [-0.05, 0) is 147 Å². The lowest BCUT2D eigenvalue weighted by atomic mass is 9.98. The molecule has 0 saturated heterocycles. The van der Waals surface area contributed by atoms with Gasteiger partial charge >= 0.3 is 11.9 Å². The van der Waals surface area contributed by atoms with Crippen molar-refractivity contribution in [2.24, 2.45) is 0 Å². The van der Waals surface area contributed by atoms with E-state index in [0.29, 0.717) is 50.4 Å². The third-order valence-electron chi connectivity index (χ3n) is 9.82. The van der Waals surface area contributed by atoms with Crippen LogP contribution in [-0.4, -0.2) is 38.4 Å². The zero-order chi connectivity index (χ0) is 38.9. The summed E-state index contributed by atoms with van der Waals surface area (Å²) in [6.07, 6.45) is 12.5. The Balaban J connectivity index is 1.03. The van der Waals surface area contributed by atoms with E-state index in [1.807, 2.05) is 72.8 Å². The number of alkyl halides is 2. The van der Waals surface area contributed by atoms with E-state index in [-0.39, 0.29) is 23.1 Å². The molecule has 0 heterocycles. The first kappa shape index (κ1) is 40.9. The molecule has 4 aromatic carbocycles. The third-order valence-corrected chi connectivity index (χ3v) is 9.82. The number of carbonyl (C=O) groups excluding carboxylic acids is 2. The average molecular weight is 751 g/mol. The Morgan fingerprint density at radius 2 is 0.836 bits per heavy atom. The minimum atomic E-state index is -3.05. The molecule has 0 radical (unpaired) electrons. The van der Waals surface area contributed by atoms with Gasteiger partial charge in [-0.2, -0.15) is 8.78 Å². The zero-order valence-electron chi connectivity index (χ0n) is 31.7. The Bertz CT molecular complexity index is 1730. The van der Waals surface area contributed by atoms with E-state index in [0.717, 1.165) is 98.0 Å². The Kier molecular flexibility index (Phi) is 15.6. The zero-order valence-corrected chi connectivity index (χ0v) is 31.7. The summed E-state index contributed by atoms with van der Waals surface area (Å²) in [5.41, 5.74) is 5.42. The molecule has 290 valence electrons. The summed E-state index contributed by atoms with van der Waals surface area (Å²) in [6.45, 7) is 8.83. The van der Waals surface area contributed by atoms with Gasteiger partial charge in [-0.3, -0.25) is 0 Å². The predicted molar refractivity (Wildman–Crippen MR) is 213 cm³/mol. The average Bonchev–Trinajstić information content (AvgIpc) is 3.43. The molecule has 55 heavy (non-hydrogen) atoms. The lowest BCUT2D eigenvalue weighted by Gasteiger charge is -2.14. The van der Waals surface area contributed by atoms with E-state index in [1.54, 1.807) is 12.1 Å². The highest BCUT2D eigenvalue weighted by Gasteiger charge is 2.44. The number of fused-ring (bicyclic) bond motifs is 3. The molecule has 0 amide bonds. The normalized spacial score (nSPS) is 12.3. The number of halogens is 2. The first-order chi connectivity index (χ1) is 26.8. The lowest BCUT2D eigenvalue weighted by molar-refractivity contribution is -0.138. The number of benzene rings is 4. The van der Waals surface area contributed by atoms with Gasteiger partial charge in [0.15, 0.2) is 0 Å². The maximum Gasteiger partial charge on any atom is 0.330 e. The van der Waals surface area contributed by atoms with Gasteiger partial charge in [0.05, 0.1) is 26.4 Å². The van der Waals surface area contributed by atoms with Crippen molar-refractivity contribution in [1.82, 2.24) is 0 Å². The minimum absolute atomic E-state index is 0.0864. The number of hydrogen-bond donors (Lipinski definition) is 0. The molecule has 5 rings (SSSR count). The molecule has 4 aromatic rings. The summed E-state index contributed by atoms with van der Waals surface area (Å²) >= 11 is 0. The summed E-state index contributed by atoms with van der Waals surface area (Å²) in [5, 5.41) is 0. The number of aryl methyl sites for hydroxylation is 4. The topological polar surface area (TPSA) is 71.1 Å². The fourth-order valence-corrected chi connectivity index (χ4v) is 6.67. The van der Waals surface area contributed by atoms with Gasteiger partial charge in [0.1, 0.15) is 11.5 Å². The highest BCUT2D eigenvalue weighted by atomic mass is 19.3. The van der Waals surface area contributed by atoms with Gasteiger partial charge in [0, 0.05) is 23.3 Å². The first-order valence-corrected chi connectivity index (χ1v) is 19.4. The molecule has 8 heteroatoms. The third kappa shape index (κ3) is 12.4. The van der Waals surface area contributed by atoms with Crippen LogP contribution in [0.4, 0.5) is 8.78 Å². The molecule has 0 unspecified atom stereocenters. The molecule has 0 fully saturated rings. The van der Waals surface area contributed by atoms with Crippen LogP contribution in [0.25, 0.3) is 11.1 Å². The van der Waals surface area contributed by atoms with E-state index in [1.165, 1.54) is 12.2 Å². The van der Waals surface area contributed by atoms with Crippen molar-refractivity contribution in [3.05, 3.63) is 144 Å². The molecule has 0 N–H and O–H groups in total. The maximum absolute atomic E-state index is 15.9. The monoisotopic (exact) mass is 750 g/mol. The van der Waals surface area contributed by atoms with Gasteiger partial charge < -0.3 is 18.9 Å². The van der Waals surface area contributed by atoms with Crippen molar-refractivity contribution in [1.29, 1.82) is 0 Å². The SMILES string of the molecule is C=CC(=O)OCCCCCCOc1ccc(CCc2ccc3c(c2)C(F)(F)c2cc(CCc4ccc(OCCCCCCOC(=O)C=C)cc4)ccc2-3)cc1. The predicted octanol–water partition coefficient (Wildman–Crippen LogP) is 10.7. The number of rotatable bonds is 24. The van der Waals surface area contributed by atoms with Gasteiger partial charge in [-0.1, -0.05) is 61.7 Å². The summed E-state index contributed by atoms with van der Waals surface area (Å²) in [5.74, 6) is -2.21. The Morgan fingerprint density at radius 1 is 0.491 bits per heavy atom. The number of esters is 2. The fourth-order valence-electron chi connectivity index (χ4n) is 6.67. The molecular formula is C47H52F2O6. The minimum Gasteiger partial charge on any atom is -0.494 e. The molecule has 0 aromatic heterocycles. The Morgan fingerprint density at radius 3 is 1.22 bits per heavy atom. The van der Waals surface area contributed by atoms with E-state index < -0.39 is 5.92 Å². The second-order valence-corrected chi connectivity index (χ2v) is 13.9. The standard InChI is InChI=1S/C47H52F2O6/c1-3-45(50)54-31-11-7-5-9-29-52-39-23-17-35(18-24-39)13-15-37-21-27-41-42-28-22-38(34-44(42)47(48,49)43(41)33-37)16-14-36-19-25-40(26-20-36)53-30-10-6-8-12-32-55-46(51)4-2/h3-4,17-28,33-34H,1-2,5-16,29-32H2. The van der Waals surface area contributed by atoms with Crippen LogP contribution < -0.4 is 9.47 Å². The first-order valence-electron chi connectivity index (χ1n) is 19.4. The van der Waals surface area contributed by atoms with Crippen LogP contribution in [0.2, 0.25) is 0 Å².